The molecule has 0 saturated heterocycles. The molecule has 158 valence electrons. The molecule has 2 amide bonds. The normalized spacial score (nSPS) is 11.4. The van der Waals surface area contributed by atoms with Crippen LogP contribution in [0, 0.1) is 23.3 Å². The van der Waals surface area contributed by atoms with Crippen molar-refractivity contribution < 1.29 is 35.5 Å². The highest BCUT2D eigenvalue weighted by Gasteiger charge is 2.30. The fourth-order valence-electron chi connectivity index (χ4n) is 2.49. The number of anilines is 2. The Bertz CT molecular complexity index is 1090. The number of carbonyl (C=O) groups is 1. The second kappa shape index (κ2) is 8.05. The van der Waals surface area contributed by atoms with Gasteiger partial charge in [0, 0.05) is 23.5 Å². The minimum atomic E-state index is -4.58. The van der Waals surface area contributed by atoms with Crippen LogP contribution >= 0.6 is 0 Å². The summed E-state index contributed by atoms with van der Waals surface area (Å²) in [4.78, 5) is 11.9. The SMILES string of the molecule is O=C(Nc1cccc(C(F)(F)F)c1)Nc1cnn(Cc2c(F)cc(F)c(F)c2F)c1. The quantitative estimate of drug-likeness (QED) is 0.340. The van der Waals surface area contributed by atoms with Crippen molar-refractivity contribution in [2.24, 2.45) is 0 Å². The fraction of sp³-hybridized carbons (Fsp3) is 0.111. The second-order valence-corrected chi connectivity index (χ2v) is 6.03. The Morgan fingerprint density at radius 2 is 1.67 bits per heavy atom. The topological polar surface area (TPSA) is 59.0 Å². The van der Waals surface area contributed by atoms with Gasteiger partial charge in [-0.05, 0) is 18.2 Å². The Labute approximate surface area is 164 Å². The predicted octanol–water partition coefficient (Wildman–Crippen LogP) is 5.15. The molecule has 5 nitrogen and oxygen atoms in total. The number of urea groups is 1. The molecule has 3 aromatic rings. The zero-order chi connectivity index (χ0) is 22.1. The van der Waals surface area contributed by atoms with Gasteiger partial charge in [0.1, 0.15) is 5.82 Å². The summed E-state index contributed by atoms with van der Waals surface area (Å²) >= 11 is 0. The Hall–Kier alpha value is -3.57. The monoisotopic (exact) mass is 432 g/mol. The molecule has 0 atom stereocenters. The van der Waals surface area contributed by atoms with Crippen LogP contribution < -0.4 is 10.6 Å². The fourth-order valence-corrected chi connectivity index (χ4v) is 2.49. The largest absolute Gasteiger partial charge is 0.416 e. The maximum absolute atomic E-state index is 13.7. The van der Waals surface area contributed by atoms with Crippen molar-refractivity contribution in [2.75, 3.05) is 10.6 Å². The third-order valence-electron chi connectivity index (χ3n) is 3.87. The van der Waals surface area contributed by atoms with Crippen LogP contribution in [0.5, 0.6) is 0 Å². The number of rotatable bonds is 4. The summed E-state index contributed by atoms with van der Waals surface area (Å²) in [5.41, 5.74) is -1.83. The summed E-state index contributed by atoms with van der Waals surface area (Å²) in [6.45, 7) is -0.605. The van der Waals surface area contributed by atoms with Crippen LogP contribution in [0.15, 0.2) is 42.7 Å². The molecular formula is C18H11F7N4O. The molecule has 0 spiro atoms. The first kappa shape index (κ1) is 21.1. The lowest BCUT2D eigenvalue weighted by atomic mass is 10.2. The predicted molar refractivity (Wildman–Crippen MR) is 91.7 cm³/mol. The number of carbonyl (C=O) groups excluding carboxylic acids is 1. The van der Waals surface area contributed by atoms with E-state index in [9.17, 15) is 35.5 Å². The van der Waals surface area contributed by atoms with Crippen LogP contribution in [-0.4, -0.2) is 15.8 Å². The van der Waals surface area contributed by atoms with Crippen molar-refractivity contribution in [3.8, 4) is 0 Å². The molecule has 3 rings (SSSR count). The lowest BCUT2D eigenvalue weighted by Gasteiger charge is -2.10. The lowest BCUT2D eigenvalue weighted by molar-refractivity contribution is -0.137. The maximum Gasteiger partial charge on any atom is 0.416 e. The van der Waals surface area contributed by atoms with Crippen molar-refractivity contribution in [3.63, 3.8) is 0 Å². The second-order valence-electron chi connectivity index (χ2n) is 6.03. The summed E-state index contributed by atoms with van der Waals surface area (Å²) in [7, 11) is 0. The zero-order valence-corrected chi connectivity index (χ0v) is 14.7. The number of aromatic nitrogens is 2. The number of amides is 2. The maximum atomic E-state index is 13.7. The van der Waals surface area contributed by atoms with Crippen molar-refractivity contribution in [1.29, 1.82) is 0 Å². The van der Waals surface area contributed by atoms with Crippen molar-refractivity contribution >= 4 is 17.4 Å². The number of alkyl halides is 3. The Morgan fingerprint density at radius 1 is 0.967 bits per heavy atom. The van der Waals surface area contributed by atoms with E-state index in [2.05, 4.69) is 15.7 Å². The third-order valence-corrected chi connectivity index (χ3v) is 3.87. The van der Waals surface area contributed by atoms with Crippen LogP contribution in [0.25, 0.3) is 0 Å². The van der Waals surface area contributed by atoms with Crippen LogP contribution in [0.3, 0.4) is 0 Å². The molecular weight excluding hydrogens is 421 g/mol. The molecule has 0 saturated carbocycles. The van der Waals surface area contributed by atoms with E-state index in [1.165, 1.54) is 6.07 Å². The highest BCUT2D eigenvalue weighted by Crippen LogP contribution is 2.30. The standard InChI is InChI=1S/C18H11F7N4O/c19-13-5-14(20)16(22)15(21)12(13)8-29-7-11(6-26-29)28-17(30)27-10-3-1-2-9(4-10)18(23,24)25/h1-7H,8H2,(H2,27,28,30). The first-order valence-electron chi connectivity index (χ1n) is 8.14. The van der Waals surface area contributed by atoms with Gasteiger partial charge in [0.25, 0.3) is 0 Å². The molecule has 12 heteroatoms. The van der Waals surface area contributed by atoms with Gasteiger partial charge < -0.3 is 10.6 Å². The van der Waals surface area contributed by atoms with Gasteiger partial charge in [-0.25, -0.2) is 22.4 Å². The van der Waals surface area contributed by atoms with E-state index in [0.29, 0.717) is 0 Å². The summed E-state index contributed by atoms with van der Waals surface area (Å²) in [6, 6.07) is 3.22. The van der Waals surface area contributed by atoms with E-state index in [0.717, 1.165) is 35.3 Å². The number of hydrogen-bond donors (Lipinski definition) is 2. The van der Waals surface area contributed by atoms with Gasteiger partial charge in [-0.15, -0.1) is 0 Å². The van der Waals surface area contributed by atoms with Gasteiger partial charge in [0.2, 0.25) is 0 Å². The van der Waals surface area contributed by atoms with Gasteiger partial charge in [-0.2, -0.15) is 18.3 Å². The Balaban J connectivity index is 1.68. The number of halogens is 7. The van der Waals surface area contributed by atoms with Crippen molar-refractivity contribution in [2.45, 2.75) is 12.7 Å². The molecule has 1 aromatic heterocycles. The molecule has 2 N–H and O–H groups in total. The van der Waals surface area contributed by atoms with Gasteiger partial charge in [0.15, 0.2) is 17.5 Å². The zero-order valence-electron chi connectivity index (χ0n) is 14.7. The van der Waals surface area contributed by atoms with E-state index in [4.69, 9.17) is 0 Å². The Kier molecular flexibility index (Phi) is 5.67. The summed E-state index contributed by atoms with van der Waals surface area (Å²) in [6.07, 6.45) is -2.37. The summed E-state index contributed by atoms with van der Waals surface area (Å²) in [5, 5.41) is 8.19. The molecule has 0 aliphatic carbocycles. The summed E-state index contributed by atoms with van der Waals surface area (Å²) in [5.74, 6) is -6.54. The highest BCUT2D eigenvalue weighted by atomic mass is 19.4. The molecule has 0 unspecified atom stereocenters. The van der Waals surface area contributed by atoms with E-state index in [1.807, 2.05) is 0 Å². The number of nitrogens with zero attached hydrogens (tertiary/aromatic N) is 2. The number of hydrogen-bond acceptors (Lipinski definition) is 2. The summed E-state index contributed by atoms with van der Waals surface area (Å²) < 4.78 is 92.7. The first-order chi connectivity index (χ1) is 14.0. The smallest absolute Gasteiger partial charge is 0.308 e. The van der Waals surface area contributed by atoms with Gasteiger partial charge >= 0.3 is 12.2 Å². The minimum Gasteiger partial charge on any atom is -0.308 e. The van der Waals surface area contributed by atoms with Crippen molar-refractivity contribution in [3.05, 3.63) is 77.1 Å². The van der Waals surface area contributed by atoms with E-state index >= 15 is 0 Å². The van der Waals surface area contributed by atoms with Crippen LogP contribution in [0.2, 0.25) is 0 Å². The van der Waals surface area contributed by atoms with E-state index in [1.54, 1.807) is 0 Å². The molecule has 0 aliphatic rings. The van der Waals surface area contributed by atoms with Gasteiger partial charge in [0.05, 0.1) is 24.0 Å². The Morgan fingerprint density at radius 3 is 2.37 bits per heavy atom. The third kappa shape index (κ3) is 4.70. The molecule has 0 fully saturated rings. The molecule has 30 heavy (non-hydrogen) atoms. The first-order valence-corrected chi connectivity index (χ1v) is 8.14. The molecule has 0 aliphatic heterocycles. The van der Waals surface area contributed by atoms with Crippen LogP contribution in [0.1, 0.15) is 11.1 Å². The van der Waals surface area contributed by atoms with Gasteiger partial charge in [-0.1, -0.05) is 6.07 Å². The number of nitrogens with one attached hydrogen (secondary N) is 2. The average Bonchev–Trinajstić information content (AvgIpc) is 3.10. The number of benzene rings is 2. The van der Waals surface area contributed by atoms with Crippen molar-refractivity contribution in [1.82, 2.24) is 9.78 Å². The average molecular weight is 432 g/mol. The highest BCUT2D eigenvalue weighted by molar-refractivity contribution is 5.99. The minimum absolute atomic E-state index is 0.0304. The van der Waals surface area contributed by atoms with Crippen LogP contribution in [0.4, 0.5) is 46.9 Å². The molecule has 0 radical (unpaired) electrons. The molecule has 0 bridgehead atoms. The van der Waals surface area contributed by atoms with Gasteiger partial charge in [-0.3, -0.25) is 4.68 Å². The molecule has 1 heterocycles. The molecule has 2 aromatic carbocycles. The lowest BCUT2D eigenvalue weighted by Crippen LogP contribution is -2.19. The van der Waals surface area contributed by atoms with E-state index < -0.39 is 53.1 Å². The van der Waals surface area contributed by atoms with E-state index in [-0.39, 0.29) is 17.4 Å². The van der Waals surface area contributed by atoms with Crippen LogP contribution in [-0.2, 0) is 12.7 Å².